The number of rotatable bonds is 4. The highest BCUT2D eigenvalue weighted by Gasteiger charge is 2.37. The third-order valence-corrected chi connectivity index (χ3v) is 11.2. The molecule has 0 amide bonds. The van der Waals surface area contributed by atoms with Gasteiger partial charge >= 0.3 is 0 Å². The number of fused-ring (bicyclic) bond motifs is 1. The molecule has 0 bridgehead atoms. The van der Waals surface area contributed by atoms with Crippen molar-refractivity contribution in [3.8, 4) is 11.8 Å². The molecule has 0 fully saturated rings. The molecule has 0 atom stereocenters. The fourth-order valence-electron chi connectivity index (χ4n) is 5.16. The summed E-state index contributed by atoms with van der Waals surface area (Å²) in [5.41, 5.74) is 3.58. The number of ketones is 1. The molecule has 1 nitrogen and oxygen atoms in total. The summed E-state index contributed by atoms with van der Waals surface area (Å²) in [5.74, 6) is 6.80. The summed E-state index contributed by atoms with van der Waals surface area (Å²) in [6.07, 6.45) is 2.07. The lowest BCUT2D eigenvalue weighted by Gasteiger charge is -2.35. The normalized spacial score (nSPS) is 13.5. The Morgan fingerprint density at radius 3 is 1.63 bits per heavy atom. The molecule has 38 heavy (non-hydrogen) atoms. The lowest BCUT2D eigenvalue weighted by atomic mass is 10.0. The van der Waals surface area contributed by atoms with Gasteiger partial charge in [-0.1, -0.05) is 145 Å². The Hall–Kier alpha value is -4.63. The summed E-state index contributed by atoms with van der Waals surface area (Å²) >= 11 is 0. The van der Waals surface area contributed by atoms with E-state index in [4.69, 9.17) is 0 Å². The number of benzene rings is 5. The predicted octanol–water partition coefficient (Wildman–Crippen LogP) is 6.48. The molecule has 6 rings (SSSR count). The molecule has 180 valence electrons. The van der Waals surface area contributed by atoms with Gasteiger partial charge in [0.15, 0.2) is 5.78 Å². The first-order valence-electron chi connectivity index (χ1n) is 12.6. The standard InChI is InChI=1S/C36H25OP/c37-36(29-17-7-2-8-18-29)35-27-30(26-25-28-15-5-1-6-16-28)33-23-13-14-24-34(33)38(35,31-19-9-3-10-20-31)32-21-11-4-12-22-32/h1-24,27H. The van der Waals surface area contributed by atoms with Gasteiger partial charge in [-0.25, -0.2) is 0 Å². The first kappa shape index (κ1) is 23.7. The molecule has 0 radical (unpaired) electrons. The quantitative estimate of drug-likeness (QED) is 0.155. The van der Waals surface area contributed by atoms with Crippen molar-refractivity contribution in [3.63, 3.8) is 0 Å². The molecular weight excluding hydrogens is 479 g/mol. The summed E-state index contributed by atoms with van der Waals surface area (Å²) in [6, 6.07) is 49.1. The molecule has 0 spiro atoms. The largest absolute Gasteiger partial charge is 0.289 e. The average molecular weight is 505 g/mol. The Kier molecular flexibility index (Phi) is 6.49. The van der Waals surface area contributed by atoms with Crippen LogP contribution in [-0.2, 0) is 0 Å². The second-order valence-corrected chi connectivity index (χ2v) is 12.5. The van der Waals surface area contributed by atoms with Gasteiger partial charge in [-0.15, -0.1) is 0 Å². The maximum Gasteiger partial charge on any atom is 0.194 e. The number of carbonyl (C=O) groups is 1. The number of allylic oxidation sites excluding steroid dienone is 2. The summed E-state index contributed by atoms with van der Waals surface area (Å²) in [7, 11) is 0. The van der Waals surface area contributed by atoms with Gasteiger partial charge in [0, 0.05) is 22.0 Å². The van der Waals surface area contributed by atoms with E-state index in [0.717, 1.165) is 37.9 Å². The van der Waals surface area contributed by atoms with Gasteiger partial charge in [0.05, 0.1) is 0 Å². The van der Waals surface area contributed by atoms with Crippen LogP contribution in [0.4, 0.5) is 0 Å². The van der Waals surface area contributed by atoms with Crippen LogP contribution in [0.15, 0.2) is 152 Å². The molecule has 1 aliphatic heterocycles. The molecule has 5 aromatic rings. The van der Waals surface area contributed by atoms with Crippen LogP contribution in [-0.4, -0.2) is 11.1 Å². The molecule has 5 aromatic carbocycles. The molecule has 1 aliphatic rings. The SMILES string of the molecule is O=C(C1=P(c2ccccc2)(c2ccccc2)c2ccccc2C(C#Cc2ccccc2)=C1)c1ccccc1. The van der Waals surface area contributed by atoms with E-state index in [9.17, 15) is 4.79 Å². The highest BCUT2D eigenvalue weighted by Crippen LogP contribution is 2.51. The summed E-state index contributed by atoms with van der Waals surface area (Å²) in [6.45, 7) is -2.53. The van der Waals surface area contributed by atoms with Crippen molar-refractivity contribution < 1.29 is 4.79 Å². The molecule has 0 N–H and O–H groups in total. The smallest absolute Gasteiger partial charge is 0.194 e. The van der Waals surface area contributed by atoms with E-state index < -0.39 is 6.89 Å². The Bertz CT molecular complexity index is 1710. The van der Waals surface area contributed by atoms with Crippen molar-refractivity contribution in [3.05, 3.63) is 168 Å². The Labute approximate surface area is 224 Å². The lowest BCUT2D eigenvalue weighted by molar-refractivity contribution is 0.106. The Balaban J connectivity index is 1.77. The van der Waals surface area contributed by atoms with Gasteiger partial charge in [-0.3, -0.25) is 4.79 Å². The van der Waals surface area contributed by atoms with Crippen molar-refractivity contribution in [1.82, 2.24) is 0 Å². The second-order valence-electron chi connectivity index (χ2n) is 9.11. The van der Waals surface area contributed by atoms with Crippen LogP contribution in [0.2, 0.25) is 0 Å². The van der Waals surface area contributed by atoms with Crippen LogP contribution < -0.4 is 15.9 Å². The van der Waals surface area contributed by atoms with Gasteiger partial charge in [0.2, 0.25) is 0 Å². The summed E-state index contributed by atoms with van der Waals surface area (Å²) < 4.78 is 0. The first-order chi connectivity index (χ1) is 18.8. The minimum atomic E-state index is -2.53. The van der Waals surface area contributed by atoms with Gasteiger partial charge in [-0.2, -0.15) is 0 Å². The van der Waals surface area contributed by atoms with Gasteiger partial charge in [0.25, 0.3) is 0 Å². The molecule has 0 saturated heterocycles. The van der Waals surface area contributed by atoms with Crippen molar-refractivity contribution >= 4 is 39.4 Å². The fourth-order valence-corrected chi connectivity index (χ4v) is 9.69. The van der Waals surface area contributed by atoms with Crippen LogP contribution in [0.25, 0.3) is 5.57 Å². The minimum Gasteiger partial charge on any atom is -0.289 e. The number of hydrogen-bond donors (Lipinski definition) is 0. The van der Waals surface area contributed by atoms with Gasteiger partial charge < -0.3 is 0 Å². The topological polar surface area (TPSA) is 17.1 Å². The molecule has 0 saturated carbocycles. The molecular formula is C36H25OP. The summed E-state index contributed by atoms with van der Waals surface area (Å²) in [4.78, 5) is 14.5. The zero-order chi connectivity index (χ0) is 25.8. The molecule has 1 heterocycles. The van der Waals surface area contributed by atoms with Crippen LogP contribution in [0.5, 0.6) is 0 Å². The van der Waals surface area contributed by atoms with Crippen molar-refractivity contribution in [2.24, 2.45) is 0 Å². The Morgan fingerprint density at radius 2 is 1.03 bits per heavy atom. The highest BCUT2D eigenvalue weighted by molar-refractivity contribution is 7.97. The molecule has 0 aromatic heterocycles. The predicted molar refractivity (Wildman–Crippen MR) is 162 cm³/mol. The maximum absolute atomic E-state index is 14.5. The van der Waals surface area contributed by atoms with Crippen molar-refractivity contribution in [2.75, 3.05) is 0 Å². The van der Waals surface area contributed by atoms with Gasteiger partial charge in [-0.05, 0) is 46.6 Å². The number of hydrogen-bond acceptors (Lipinski definition) is 1. The second kappa shape index (κ2) is 10.4. The first-order valence-corrected chi connectivity index (χ1v) is 14.4. The van der Waals surface area contributed by atoms with Crippen LogP contribution in [0.1, 0.15) is 21.5 Å². The monoisotopic (exact) mass is 504 g/mol. The van der Waals surface area contributed by atoms with Gasteiger partial charge in [0.1, 0.15) is 0 Å². The molecule has 2 heteroatoms. The van der Waals surface area contributed by atoms with E-state index in [1.54, 1.807) is 0 Å². The van der Waals surface area contributed by atoms with E-state index in [2.05, 4.69) is 90.7 Å². The van der Waals surface area contributed by atoms with Crippen molar-refractivity contribution in [2.45, 2.75) is 0 Å². The molecule has 0 aliphatic carbocycles. The summed E-state index contributed by atoms with van der Waals surface area (Å²) in [5, 5.41) is 4.28. The van der Waals surface area contributed by atoms with E-state index in [1.807, 2.05) is 72.8 Å². The van der Waals surface area contributed by atoms with Crippen LogP contribution in [0.3, 0.4) is 0 Å². The average Bonchev–Trinajstić information content (AvgIpc) is 3.01. The van der Waals surface area contributed by atoms with E-state index in [1.165, 1.54) is 0 Å². The number of carbonyl (C=O) groups excluding carboxylic acids is 1. The van der Waals surface area contributed by atoms with E-state index in [0.29, 0.717) is 5.56 Å². The highest BCUT2D eigenvalue weighted by atomic mass is 31.2. The zero-order valence-corrected chi connectivity index (χ0v) is 21.7. The minimum absolute atomic E-state index is 0.0418. The number of Topliss-reactive ketones (excluding diaryl/α,β-unsaturated/α-hetero) is 1. The Morgan fingerprint density at radius 1 is 0.526 bits per heavy atom. The van der Waals surface area contributed by atoms with Crippen LogP contribution >= 0.6 is 6.89 Å². The zero-order valence-electron chi connectivity index (χ0n) is 20.8. The van der Waals surface area contributed by atoms with Crippen LogP contribution in [0, 0.1) is 11.8 Å². The third kappa shape index (κ3) is 4.16. The fraction of sp³-hybridized carbons (Fsp3) is 0. The molecule has 0 unspecified atom stereocenters. The third-order valence-electron chi connectivity index (χ3n) is 6.87. The lowest BCUT2D eigenvalue weighted by Crippen LogP contribution is -2.36. The van der Waals surface area contributed by atoms with E-state index >= 15 is 0 Å². The van der Waals surface area contributed by atoms with E-state index in [-0.39, 0.29) is 5.78 Å². The van der Waals surface area contributed by atoms with Crippen molar-refractivity contribution in [1.29, 1.82) is 0 Å². The maximum atomic E-state index is 14.5.